The van der Waals surface area contributed by atoms with Gasteiger partial charge in [0.1, 0.15) is 29.2 Å². The molecule has 4 atom stereocenters. The number of benzene rings is 4. The third-order valence-corrected chi connectivity index (χ3v) is 9.83. The van der Waals surface area contributed by atoms with Gasteiger partial charge in [-0.05, 0) is 115 Å². The smallest absolute Gasteiger partial charge is 0.255 e. The zero-order chi connectivity index (χ0) is 35.0. The summed E-state index contributed by atoms with van der Waals surface area (Å²) >= 11 is 0. The number of carbonyl (C=O) groups is 1. The Hall–Kier alpha value is -4.31. The van der Waals surface area contributed by atoms with E-state index in [1.54, 1.807) is 0 Å². The first-order valence-electron chi connectivity index (χ1n) is 17.9. The molecule has 0 aromatic heterocycles. The molecule has 4 nitrogen and oxygen atoms in total. The van der Waals surface area contributed by atoms with E-state index in [4.69, 9.17) is 9.47 Å². The van der Waals surface area contributed by atoms with Gasteiger partial charge in [-0.25, -0.2) is 0 Å². The van der Waals surface area contributed by atoms with Crippen molar-refractivity contribution >= 4 is 5.91 Å². The Balaban J connectivity index is 1.38. The number of carbonyl (C=O) groups excluding carboxylic acids is 1. The first kappa shape index (κ1) is 34.5. The van der Waals surface area contributed by atoms with Crippen LogP contribution in [0.2, 0.25) is 0 Å². The maximum Gasteiger partial charge on any atom is 0.255 e. The zero-order valence-electron chi connectivity index (χ0n) is 30.6. The summed E-state index contributed by atoms with van der Waals surface area (Å²) in [5, 5.41) is 0. The Labute approximate surface area is 294 Å². The normalized spacial score (nSPS) is 21.1. The van der Waals surface area contributed by atoms with Crippen molar-refractivity contribution < 1.29 is 14.3 Å². The molecule has 2 aliphatic rings. The van der Waals surface area contributed by atoms with Crippen LogP contribution in [0.15, 0.2) is 109 Å². The first-order valence-corrected chi connectivity index (χ1v) is 17.9. The summed E-state index contributed by atoms with van der Waals surface area (Å²) in [7, 11) is 0. The molecule has 0 N–H and O–H groups in total. The van der Waals surface area contributed by atoms with E-state index in [0.717, 1.165) is 52.2 Å². The maximum atomic E-state index is 14.5. The molecule has 4 aromatic carbocycles. The van der Waals surface area contributed by atoms with E-state index in [1.165, 1.54) is 5.56 Å². The van der Waals surface area contributed by atoms with Crippen LogP contribution >= 0.6 is 0 Å². The highest BCUT2D eigenvalue weighted by atomic mass is 16.5. The SMILES string of the molecule is CC1C=CC(C(C)CN2C(=O)c3ccccc3C2(c2ccc(OCc3cccc(CC(C)(C)C)c3)cc2)c2ccc(OC(C)(C)C)cc2)C1. The van der Waals surface area contributed by atoms with Crippen molar-refractivity contribution in [2.45, 2.75) is 86.0 Å². The molecule has 49 heavy (non-hydrogen) atoms. The Morgan fingerprint density at radius 1 is 0.796 bits per heavy atom. The van der Waals surface area contributed by atoms with Crippen molar-refractivity contribution in [1.82, 2.24) is 4.90 Å². The standard InChI is InChI=1S/C45H53NO3/c1-31-16-17-35(26-31)32(2)29-46-42(47)40-14-9-10-15-41(40)45(46,37-20-24-39(25-21-37)49-44(6,7)8)36-18-22-38(23-19-36)48-30-34-13-11-12-33(27-34)28-43(3,4)5/h9-25,27,31-32,35H,26,28-30H2,1-8H3. The van der Waals surface area contributed by atoms with E-state index < -0.39 is 5.54 Å². The summed E-state index contributed by atoms with van der Waals surface area (Å²) in [6.45, 7) is 18.7. The van der Waals surface area contributed by atoms with Gasteiger partial charge >= 0.3 is 0 Å². The second-order valence-corrected chi connectivity index (χ2v) is 16.5. The second-order valence-electron chi connectivity index (χ2n) is 16.5. The lowest BCUT2D eigenvalue weighted by atomic mass is 9.76. The van der Waals surface area contributed by atoms with Crippen LogP contribution in [-0.4, -0.2) is 23.0 Å². The van der Waals surface area contributed by atoms with Gasteiger partial charge in [-0.3, -0.25) is 4.79 Å². The predicted octanol–water partition coefficient (Wildman–Crippen LogP) is 10.6. The summed E-state index contributed by atoms with van der Waals surface area (Å²) in [6, 6.07) is 33.6. The molecule has 0 spiro atoms. The largest absolute Gasteiger partial charge is 0.489 e. The molecule has 4 heteroatoms. The van der Waals surface area contributed by atoms with Gasteiger partial charge in [-0.1, -0.05) is 114 Å². The molecule has 0 saturated heterocycles. The lowest BCUT2D eigenvalue weighted by Crippen LogP contribution is -2.48. The van der Waals surface area contributed by atoms with Crippen molar-refractivity contribution in [3.8, 4) is 11.5 Å². The minimum absolute atomic E-state index is 0.0722. The molecule has 1 aliphatic heterocycles. The molecular weight excluding hydrogens is 602 g/mol. The van der Waals surface area contributed by atoms with Gasteiger partial charge in [-0.2, -0.15) is 0 Å². The number of nitrogens with zero attached hydrogens (tertiary/aromatic N) is 1. The van der Waals surface area contributed by atoms with Crippen LogP contribution in [0.5, 0.6) is 11.5 Å². The lowest BCUT2D eigenvalue weighted by Gasteiger charge is -2.42. The maximum absolute atomic E-state index is 14.5. The van der Waals surface area contributed by atoms with Gasteiger partial charge in [0.25, 0.3) is 5.91 Å². The van der Waals surface area contributed by atoms with Crippen LogP contribution in [0.4, 0.5) is 0 Å². The molecule has 256 valence electrons. The quantitative estimate of drug-likeness (QED) is 0.160. The predicted molar refractivity (Wildman–Crippen MR) is 200 cm³/mol. The molecule has 0 bridgehead atoms. The van der Waals surface area contributed by atoms with Gasteiger partial charge < -0.3 is 14.4 Å². The fourth-order valence-electron chi connectivity index (χ4n) is 7.72. The van der Waals surface area contributed by atoms with Crippen molar-refractivity contribution in [3.05, 3.63) is 143 Å². The molecule has 0 fully saturated rings. The highest BCUT2D eigenvalue weighted by Crippen LogP contribution is 2.50. The fourth-order valence-corrected chi connectivity index (χ4v) is 7.72. The van der Waals surface area contributed by atoms with Crippen LogP contribution < -0.4 is 9.47 Å². The van der Waals surface area contributed by atoms with Crippen molar-refractivity contribution in [1.29, 1.82) is 0 Å². The highest BCUT2D eigenvalue weighted by Gasteiger charge is 2.52. The summed E-state index contributed by atoms with van der Waals surface area (Å²) in [4.78, 5) is 16.7. The van der Waals surface area contributed by atoms with Crippen LogP contribution in [0.1, 0.15) is 100.0 Å². The summed E-state index contributed by atoms with van der Waals surface area (Å²) < 4.78 is 12.6. The van der Waals surface area contributed by atoms with E-state index in [0.29, 0.717) is 30.9 Å². The Kier molecular flexibility index (Phi) is 9.55. The van der Waals surface area contributed by atoms with Crippen LogP contribution in [0, 0.1) is 23.2 Å². The zero-order valence-corrected chi connectivity index (χ0v) is 30.6. The molecule has 0 saturated carbocycles. The van der Waals surface area contributed by atoms with Gasteiger partial charge in [0.05, 0.1) is 0 Å². The van der Waals surface area contributed by atoms with E-state index in [1.807, 2.05) is 24.3 Å². The van der Waals surface area contributed by atoms with Gasteiger partial charge in [0.2, 0.25) is 0 Å². The minimum atomic E-state index is -0.810. The van der Waals surface area contributed by atoms with Crippen LogP contribution in [0.3, 0.4) is 0 Å². The number of amides is 1. The summed E-state index contributed by atoms with van der Waals surface area (Å²) in [5.41, 5.74) is 5.44. The Morgan fingerprint density at radius 3 is 2.04 bits per heavy atom. The molecule has 0 radical (unpaired) electrons. The van der Waals surface area contributed by atoms with Crippen molar-refractivity contribution in [2.75, 3.05) is 6.54 Å². The third-order valence-electron chi connectivity index (χ3n) is 9.83. The average Bonchev–Trinajstić information content (AvgIpc) is 3.59. The van der Waals surface area contributed by atoms with Gasteiger partial charge in [-0.15, -0.1) is 0 Å². The van der Waals surface area contributed by atoms with Gasteiger partial charge in [0.15, 0.2) is 0 Å². The van der Waals surface area contributed by atoms with Crippen molar-refractivity contribution in [2.24, 2.45) is 23.2 Å². The topological polar surface area (TPSA) is 38.8 Å². The molecular formula is C45H53NO3. The Morgan fingerprint density at radius 2 is 1.43 bits per heavy atom. The van der Waals surface area contributed by atoms with E-state index in [-0.39, 0.29) is 16.9 Å². The molecule has 1 amide bonds. The third kappa shape index (κ3) is 7.49. The van der Waals surface area contributed by atoms with Crippen molar-refractivity contribution in [3.63, 3.8) is 0 Å². The Bertz CT molecular complexity index is 1790. The van der Waals surface area contributed by atoms with E-state index in [9.17, 15) is 4.79 Å². The first-order chi connectivity index (χ1) is 23.2. The molecule has 4 unspecified atom stereocenters. The minimum Gasteiger partial charge on any atom is -0.489 e. The summed E-state index contributed by atoms with van der Waals surface area (Å²) in [6.07, 6.45) is 6.82. The second kappa shape index (κ2) is 13.5. The number of allylic oxidation sites excluding steroid dienone is 2. The number of rotatable bonds is 10. The number of ether oxygens (including phenoxy) is 2. The molecule has 1 heterocycles. The van der Waals surface area contributed by atoms with E-state index >= 15 is 0 Å². The molecule has 4 aromatic rings. The van der Waals surface area contributed by atoms with Gasteiger partial charge in [0, 0.05) is 12.1 Å². The lowest BCUT2D eigenvalue weighted by molar-refractivity contribution is 0.0622. The fraction of sp³-hybridized carbons (Fsp3) is 0.400. The van der Waals surface area contributed by atoms with E-state index in [2.05, 4.69) is 145 Å². The number of fused-ring (bicyclic) bond motifs is 1. The van der Waals surface area contributed by atoms with Crippen LogP contribution in [0.25, 0.3) is 0 Å². The van der Waals surface area contributed by atoms with Crippen LogP contribution in [-0.2, 0) is 18.6 Å². The number of hydrogen-bond donors (Lipinski definition) is 0. The molecule has 6 rings (SSSR count). The monoisotopic (exact) mass is 655 g/mol. The number of hydrogen-bond acceptors (Lipinski definition) is 3. The summed E-state index contributed by atoms with van der Waals surface area (Å²) in [5.74, 6) is 2.97. The average molecular weight is 656 g/mol. The highest BCUT2D eigenvalue weighted by molar-refractivity contribution is 6.01. The molecule has 1 aliphatic carbocycles.